The van der Waals surface area contributed by atoms with Crippen LogP contribution in [0.5, 0.6) is 0 Å². The zero-order chi connectivity index (χ0) is 15.7. The van der Waals surface area contributed by atoms with Gasteiger partial charge in [-0.15, -0.1) is 22.7 Å². The molecule has 2 amide bonds. The Labute approximate surface area is 137 Å². The van der Waals surface area contributed by atoms with Crippen molar-refractivity contribution in [2.75, 3.05) is 0 Å². The number of halogens is 2. The number of benzene rings is 1. The average Bonchev–Trinajstić information content (AvgIpc) is 3.13. The van der Waals surface area contributed by atoms with Crippen LogP contribution in [-0.4, -0.2) is 11.8 Å². The zero-order valence-electron chi connectivity index (χ0n) is 10.9. The summed E-state index contributed by atoms with van der Waals surface area (Å²) in [5.41, 5.74) is 4.62. The standard InChI is InChI=1S/C14H8ClFN2O2S2/c15-11-8-4-3-7(16)6-10(8)22-12(11)14(20)18-17-13(19)9-2-1-5-21-9/h1-6H,(H,17,19)(H,18,20). The molecular weight excluding hydrogens is 347 g/mol. The molecule has 4 nitrogen and oxygen atoms in total. The molecule has 3 aromatic rings. The predicted molar refractivity (Wildman–Crippen MR) is 86.0 cm³/mol. The van der Waals surface area contributed by atoms with Crippen LogP contribution in [0, 0.1) is 5.82 Å². The summed E-state index contributed by atoms with van der Waals surface area (Å²) in [7, 11) is 0. The van der Waals surface area contributed by atoms with E-state index < -0.39 is 17.6 Å². The Bertz CT molecular complexity index is 861. The van der Waals surface area contributed by atoms with E-state index in [4.69, 9.17) is 11.6 Å². The first-order chi connectivity index (χ1) is 10.6. The quantitative estimate of drug-likeness (QED) is 0.687. The van der Waals surface area contributed by atoms with Gasteiger partial charge in [-0.25, -0.2) is 4.39 Å². The largest absolute Gasteiger partial charge is 0.281 e. The maximum absolute atomic E-state index is 13.2. The Morgan fingerprint density at radius 1 is 1.14 bits per heavy atom. The molecule has 0 atom stereocenters. The number of hydrazine groups is 1. The lowest BCUT2D eigenvalue weighted by molar-refractivity contribution is 0.0851. The van der Waals surface area contributed by atoms with Crippen LogP contribution in [0.4, 0.5) is 4.39 Å². The van der Waals surface area contributed by atoms with Gasteiger partial charge in [-0.1, -0.05) is 17.7 Å². The van der Waals surface area contributed by atoms with Crippen molar-refractivity contribution >= 4 is 56.2 Å². The van der Waals surface area contributed by atoms with Crippen molar-refractivity contribution in [2.45, 2.75) is 0 Å². The Morgan fingerprint density at radius 2 is 1.91 bits per heavy atom. The number of hydrogen-bond donors (Lipinski definition) is 2. The molecule has 0 fully saturated rings. The normalized spacial score (nSPS) is 10.6. The second-order valence-corrected chi connectivity index (χ2v) is 6.65. The van der Waals surface area contributed by atoms with E-state index in [1.54, 1.807) is 17.5 Å². The van der Waals surface area contributed by atoms with E-state index in [1.807, 2.05) is 0 Å². The fraction of sp³-hybridized carbons (Fsp3) is 0. The molecular formula is C14H8ClFN2O2S2. The molecule has 2 N–H and O–H groups in total. The highest BCUT2D eigenvalue weighted by Crippen LogP contribution is 2.35. The van der Waals surface area contributed by atoms with E-state index >= 15 is 0 Å². The number of fused-ring (bicyclic) bond motifs is 1. The van der Waals surface area contributed by atoms with E-state index in [-0.39, 0.29) is 9.90 Å². The van der Waals surface area contributed by atoms with Gasteiger partial charge < -0.3 is 0 Å². The summed E-state index contributed by atoms with van der Waals surface area (Å²) in [6.45, 7) is 0. The zero-order valence-corrected chi connectivity index (χ0v) is 13.2. The van der Waals surface area contributed by atoms with Crippen LogP contribution in [0.2, 0.25) is 5.02 Å². The van der Waals surface area contributed by atoms with Crippen LogP contribution in [-0.2, 0) is 0 Å². The minimum Gasteiger partial charge on any atom is -0.266 e. The van der Waals surface area contributed by atoms with E-state index in [1.165, 1.54) is 29.5 Å². The summed E-state index contributed by atoms with van der Waals surface area (Å²) in [4.78, 5) is 24.5. The number of rotatable bonds is 2. The monoisotopic (exact) mass is 354 g/mol. The highest BCUT2D eigenvalue weighted by Gasteiger charge is 2.18. The highest BCUT2D eigenvalue weighted by atomic mass is 35.5. The minimum atomic E-state index is -0.545. The maximum atomic E-state index is 13.2. The molecule has 8 heteroatoms. The molecule has 2 aromatic heterocycles. The second-order valence-electron chi connectivity index (χ2n) is 4.27. The minimum absolute atomic E-state index is 0.216. The van der Waals surface area contributed by atoms with Crippen molar-refractivity contribution in [3.05, 3.63) is 56.3 Å². The highest BCUT2D eigenvalue weighted by molar-refractivity contribution is 7.21. The number of thiophene rings is 2. The van der Waals surface area contributed by atoms with Crippen molar-refractivity contribution in [1.29, 1.82) is 0 Å². The Morgan fingerprint density at radius 3 is 2.64 bits per heavy atom. The molecule has 0 saturated carbocycles. The van der Waals surface area contributed by atoms with Crippen LogP contribution in [0.3, 0.4) is 0 Å². The third-order valence-corrected chi connectivity index (χ3v) is 5.36. The van der Waals surface area contributed by atoms with Crippen molar-refractivity contribution in [3.8, 4) is 0 Å². The van der Waals surface area contributed by atoms with E-state index in [0.717, 1.165) is 11.3 Å². The van der Waals surface area contributed by atoms with Gasteiger partial charge in [-0.2, -0.15) is 0 Å². The molecule has 0 aliphatic heterocycles. The predicted octanol–water partition coefficient (Wildman–Crippen LogP) is 3.83. The van der Waals surface area contributed by atoms with E-state index in [9.17, 15) is 14.0 Å². The van der Waals surface area contributed by atoms with Crippen LogP contribution in [0.1, 0.15) is 19.3 Å². The molecule has 0 saturated heterocycles. The summed E-state index contributed by atoms with van der Waals surface area (Å²) in [6.07, 6.45) is 0. The number of hydrogen-bond acceptors (Lipinski definition) is 4. The Kier molecular flexibility index (Phi) is 4.10. The first-order valence-electron chi connectivity index (χ1n) is 6.08. The molecule has 0 radical (unpaired) electrons. The van der Waals surface area contributed by atoms with Gasteiger partial charge in [0.05, 0.1) is 9.90 Å². The maximum Gasteiger partial charge on any atom is 0.281 e. The van der Waals surface area contributed by atoms with Gasteiger partial charge in [0.25, 0.3) is 11.8 Å². The van der Waals surface area contributed by atoms with Crippen LogP contribution in [0.25, 0.3) is 10.1 Å². The first kappa shape index (κ1) is 15.0. The third-order valence-electron chi connectivity index (χ3n) is 2.83. The lowest BCUT2D eigenvalue weighted by Gasteiger charge is -2.04. The van der Waals surface area contributed by atoms with Crippen molar-refractivity contribution in [2.24, 2.45) is 0 Å². The van der Waals surface area contributed by atoms with Crippen LogP contribution >= 0.6 is 34.3 Å². The molecule has 3 rings (SSSR count). The fourth-order valence-corrected chi connectivity index (χ4v) is 3.88. The topological polar surface area (TPSA) is 58.2 Å². The second kappa shape index (κ2) is 6.04. The molecule has 112 valence electrons. The van der Waals surface area contributed by atoms with Gasteiger partial charge in [-0.05, 0) is 29.6 Å². The van der Waals surface area contributed by atoms with Gasteiger partial charge in [0, 0.05) is 10.1 Å². The molecule has 0 bridgehead atoms. The fourth-order valence-electron chi connectivity index (χ4n) is 1.82. The van der Waals surface area contributed by atoms with Crippen molar-refractivity contribution in [3.63, 3.8) is 0 Å². The lowest BCUT2D eigenvalue weighted by atomic mass is 10.2. The summed E-state index contributed by atoms with van der Waals surface area (Å²) in [5.74, 6) is -1.36. The van der Waals surface area contributed by atoms with Gasteiger partial charge >= 0.3 is 0 Å². The van der Waals surface area contributed by atoms with Crippen LogP contribution < -0.4 is 10.9 Å². The molecule has 0 unspecified atom stereocenters. The number of nitrogens with one attached hydrogen (secondary N) is 2. The average molecular weight is 355 g/mol. The smallest absolute Gasteiger partial charge is 0.266 e. The first-order valence-corrected chi connectivity index (χ1v) is 8.15. The summed E-state index contributed by atoms with van der Waals surface area (Å²) in [5, 5.41) is 2.60. The summed E-state index contributed by atoms with van der Waals surface area (Å²) >= 11 is 8.46. The number of amides is 2. The third kappa shape index (κ3) is 2.83. The van der Waals surface area contributed by atoms with Gasteiger partial charge in [-0.3, -0.25) is 20.4 Å². The molecule has 0 aliphatic carbocycles. The SMILES string of the molecule is O=C(NNC(=O)c1sc2cc(F)ccc2c1Cl)c1cccs1. The molecule has 22 heavy (non-hydrogen) atoms. The summed E-state index contributed by atoms with van der Waals surface area (Å²) in [6, 6.07) is 7.48. The summed E-state index contributed by atoms with van der Waals surface area (Å²) < 4.78 is 13.8. The van der Waals surface area contributed by atoms with Gasteiger partial charge in [0.15, 0.2) is 0 Å². The molecule has 1 aromatic carbocycles. The number of carbonyl (C=O) groups excluding carboxylic acids is 2. The molecule has 0 aliphatic rings. The van der Waals surface area contributed by atoms with Crippen LogP contribution in [0.15, 0.2) is 35.7 Å². The van der Waals surface area contributed by atoms with E-state index in [2.05, 4.69) is 10.9 Å². The Balaban J connectivity index is 1.78. The lowest BCUT2D eigenvalue weighted by Crippen LogP contribution is -2.41. The van der Waals surface area contributed by atoms with E-state index in [0.29, 0.717) is 15.0 Å². The van der Waals surface area contributed by atoms with Gasteiger partial charge in [0.1, 0.15) is 10.7 Å². The Hall–Kier alpha value is -1.96. The van der Waals surface area contributed by atoms with Crippen molar-refractivity contribution < 1.29 is 14.0 Å². The number of carbonyl (C=O) groups is 2. The van der Waals surface area contributed by atoms with Gasteiger partial charge in [0.2, 0.25) is 0 Å². The molecule has 0 spiro atoms. The van der Waals surface area contributed by atoms with Crippen molar-refractivity contribution in [1.82, 2.24) is 10.9 Å². The molecule has 2 heterocycles.